The van der Waals surface area contributed by atoms with Crippen molar-refractivity contribution >= 4 is 23.6 Å². The number of hydrogen-bond acceptors (Lipinski definition) is 8. The molecule has 0 spiro atoms. The minimum Gasteiger partial charge on any atom is -0.465 e. The molecule has 0 saturated carbocycles. The number of nitrogens with zero attached hydrogens (tertiary/aromatic N) is 3. The number of carbonyl (C=O) groups is 1. The zero-order valence-electron chi connectivity index (χ0n) is 11.1. The standard InChI is InChI=1S/C11H19N5O3/c1-3-19-10(17)7-16(4-5-18-2)9-6-8(12)14-11(13)15-9/h6H,3-5,7H2,1-2H3,(H4,12,13,14,15). The Morgan fingerprint density at radius 2 is 2.16 bits per heavy atom. The van der Waals surface area contributed by atoms with Gasteiger partial charge in [0.05, 0.1) is 13.2 Å². The summed E-state index contributed by atoms with van der Waals surface area (Å²) in [6.45, 7) is 3.02. The summed E-state index contributed by atoms with van der Waals surface area (Å²) in [5, 5.41) is 0. The van der Waals surface area contributed by atoms with E-state index in [9.17, 15) is 4.79 Å². The maximum atomic E-state index is 11.5. The fraction of sp³-hybridized carbons (Fsp3) is 0.545. The normalized spacial score (nSPS) is 10.2. The molecule has 0 bridgehead atoms. The fourth-order valence-electron chi connectivity index (χ4n) is 1.47. The van der Waals surface area contributed by atoms with Crippen molar-refractivity contribution in [2.24, 2.45) is 0 Å². The van der Waals surface area contributed by atoms with Crippen molar-refractivity contribution in [2.45, 2.75) is 6.92 Å². The Balaban J connectivity index is 2.85. The monoisotopic (exact) mass is 269 g/mol. The molecule has 8 nitrogen and oxygen atoms in total. The lowest BCUT2D eigenvalue weighted by molar-refractivity contribution is -0.141. The summed E-state index contributed by atoms with van der Waals surface area (Å²) in [6, 6.07) is 1.55. The van der Waals surface area contributed by atoms with Crippen molar-refractivity contribution in [3.05, 3.63) is 6.07 Å². The van der Waals surface area contributed by atoms with Gasteiger partial charge in [-0.2, -0.15) is 9.97 Å². The zero-order valence-corrected chi connectivity index (χ0v) is 11.1. The summed E-state index contributed by atoms with van der Waals surface area (Å²) in [7, 11) is 1.57. The first-order chi connectivity index (χ1) is 9.06. The number of methoxy groups -OCH3 is 1. The molecule has 0 amide bonds. The summed E-state index contributed by atoms with van der Waals surface area (Å²) in [6.07, 6.45) is 0. The summed E-state index contributed by atoms with van der Waals surface area (Å²) in [4.78, 5) is 21.1. The van der Waals surface area contributed by atoms with Gasteiger partial charge in [-0.25, -0.2) is 0 Å². The van der Waals surface area contributed by atoms with Crippen LogP contribution in [0.4, 0.5) is 17.6 Å². The van der Waals surface area contributed by atoms with Crippen LogP contribution in [0.3, 0.4) is 0 Å². The van der Waals surface area contributed by atoms with E-state index in [0.717, 1.165) is 0 Å². The molecule has 1 aromatic rings. The predicted octanol–water partition coefficient (Wildman–Crippen LogP) is -0.343. The van der Waals surface area contributed by atoms with E-state index < -0.39 is 0 Å². The highest BCUT2D eigenvalue weighted by molar-refractivity contribution is 5.75. The molecule has 0 aliphatic rings. The first-order valence-electron chi connectivity index (χ1n) is 5.86. The summed E-state index contributed by atoms with van der Waals surface area (Å²) < 4.78 is 9.90. The number of nitrogens with two attached hydrogens (primary N) is 2. The van der Waals surface area contributed by atoms with Crippen LogP contribution in [0.25, 0.3) is 0 Å². The van der Waals surface area contributed by atoms with E-state index in [0.29, 0.717) is 25.6 Å². The molecule has 4 N–H and O–H groups in total. The molecule has 0 saturated heterocycles. The molecule has 0 atom stereocenters. The lowest BCUT2D eigenvalue weighted by Gasteiger charge is -2.22. The first kappa shape index (κ1) is 15.0. The van der Waals surface area contributed by atoms with Crippen LogP contribution in [0.15, 0.2) is 6.07 Å². The molecule has 0 unspecified atom stereocenters. The minimum absolute atomic E-state index is 0.0487. The topological polar surface area (TPSA) is 117 Å². The third-order valence-electron chi connectivity index (χ3n) is 2.26. The van der Waals surface area contributed by atoms with Crippen LogP contribution in [-0.2, 0) is 14.3 Å². The Hall–Kier alpha value is -2.09. The van der Waals surface area contributed by atoms with Gasteiger partial charge in [-0.3, -0.25) is 4.79 Å². The van der Waals surface area contributed by atoms with Crippen LogP contribution in [0.5, 0.6) is 0 Å². The third-order valence-corrected chi connectivity index (χ3v) is 2.26. The Bertz CT molecular complexity index is 407. The molecule has 1 aromatic heterocycles. The van der Waals surface area contributed by atoms with Crippen molar-refractivity contribution in [3.63, 3.8) is 0 Å². The molecule has 8 heteroatoms. The van der Waals surface area contributed by atoms with Crippen LogP contribution in [0.2, 0.25) is 0 Å². The number of rotatable bonds is 7. The van der Waals surface area contributed by atoms with Crippen LogP contribution in [-0.4, -0.2) is 49.4 Å². The molecule has 0 aliphatic heterocycles. The quantitative estimate of drug-likeness (QED) is 0.645. The van der Waals surface area contributed by atoms with E-state index in [1.807, 2.05) is 0 Å². The van der Waals surface area contributed by atoms with Crippen molar-refractivity contribution in [2.75, 3.05) is 49.8 Å². The number of aromatic nitrogens is 2. The van der Waals surface area contributed by atoms with Gasteiger partial charge in [0, 0.05) is 19.7 Å². The van der Waals surface area contributed by atoms with E-state index in [1.165, 1.54) is 0 Å². The lowest BCUT2D eigenvalue weighted by Crippen LogP contribution is -2.34. The average molecular weight is 269 g/mol. The smallest absolute Gasteiger partial charge is 0.325 e. The second-order valence-electron chi connectivity index (χ2n) is 3.73. The van der Waals surface area contributed by atoms with Gasteiger partial charge in [0.15, 0.2) is 0 Å². The van der Waals surface area contributed by atoms with E-state index in [4.69, 9.17) is 20.9 Å². The van der Waals surface area contributed by atoms with Crippen LogP contribution >= 0.6 is 0 Å². The van der Waals surface area contributed by atoms with Gasteiger partial charge in [0.2, 0.25) is 5.95 Å². The number of hydrogen-bond donors (Lipinski definition) is 2. The van der Waals surface area contributed by atoms with Crippen LogP contribution < -0.4 is 16.4 Å². The third kappa shape index (κ3) is 4.96. The van der Waals surface area contributed by atoms with Gasteiger partial charge in [0.25, 0.3) is 0 Å². The Kier molecular flexibility index (Phi) is 5.80. The number of esters is 1. The zero-order chi connectivity index (χ0) is 14.3. The predicted molar refractivity (Wildman–Crippen MR) is 71.6 cm³/mol. The van der Waals surface area contributed by atoms with Gasteiger partial charge in [-0.15, -0.1) is 0 Å². The summed E-state index contributed by atoms with van der Waals surface area (Å²) in [5.74, 6) is 0.416. The van der Waals surface area contributed by atoms with Crippen LogP contribution in [0, 0.1) is 0 Å². The fourth-order valence-corrected chi connectivity index (χ4v) is 1.47. The molecular weight excluding hydrogens is 250 g/mol. The Morgan fingerprint density at radius 1 is 1.42 bits per heavy atom. The summed E-state index contributed by atoms with van der Waals surface area (Å²) in [5.41, 5.74) is 11.1. The van der Waals surface area contributed by atoms with Gasteiger partial charge in [0.1, 0.15) is 18.2 Å². The number of anilines is 3. The Labute approximate surface area is 111 Å². The van der Waals surface area contributed by atoms with Crippen molar-refractivity contribution in [1.82, 2.24) is 9.97 Å². The molecule has 19 heavy (non-hydrogen) atoms. The molecule has 106 valence electrons. The molecule has 0 radical (unpaired) electrons. The van der Waals surface area contributed by atoms with Gasteiger partial charge >= 0.3 is 5.97 Å². The van der Waals surface area contributed by atoms with E-state index in [2.05, 4.69) is 9.97 Å². The minimum atomic E-state index is -0.352. The Morgan fingerprint density at radius 3 is 2.74 bits per heavy atom. The largest absolute Gasteiger partial charge is 0.465 e. The number of ether oxygens (including phenoxy) is 2. The highest BCUT2D eigenvalue weighted by atomic mass is 16.5. The van der Waals surface area contributed by atoms with Crippen molar-refractivity contribution < 1.29 is 14.3 Å². The van der Waals surface area contributed by atoms with E-state index >= 15 is 0 Å². The SMILES string of the molecule is CCOC(=O)CN(CCOC)c1cc(N)nc(N)n1. The maximum Gasteiger partial charge on any atom is 0.325 e. The second kappa shape index (κ2) is 7.37. The van der Waals surface area contributed by atoms with Gasteiger partial charge < -0.3 is 25.8 Å². The second-order valence-corrected chi connectivity index (χ2v) is 3.73. The molecule has 0 aliphatic carbocycles. The number of carbonyl (C=O) groups excluding carboxylic acids is 1. The number of nitrogen functional groups attached to an aromatic ring is 2. The van der Waals surface area contributed by atoms with Crippen molar-refractivity contribution in [1.29, 1.82) is 0 Å². The highest BCUT2D eigenvalue weighted by Gasteiger charge is 2.14. The van der Waals surface area contributed by atoms with Gasteiger partial charge in [-0.05, 0) is 6.92 Å². The molecule has 1 rings (SSSR count). The molecular formula is C11H19N5O3. The lowest BCUT2D eigenvalue weighted by atomic mass is 10.4. The maximum absolute atomic E-state index is 11.5. The average Bonchev–Trinajstić information content (AvgIpc) is 2.33. The van der Waals surface area contributed by atoms with Crippen LogP contribution in [0.1, 0.15) is 6.92 Å². The van der Waals surface area contributed by atoms with Gasteiger partial charge in [-0.1, -0.05) is 0 Å². The molecule has 0 aromatic carbocycles. The molecule has 0 fully saturated rings. The molecule has 1 heterocycles. The van der Waals surface area contributed by atoms with E-state index in [-0.39, 0.29) is 24.3 Å². The summed E-state index contributed by atoms with van der Waals surface area (Å²) >= 11 is 0. The first-order valence-corrected chi connectivity index (χ1v) is 5.86. The highest BCUT2D eigenvalue weighted by Crippen LogP contribution is 2.14. The van der Waals surface area contributed by atoms with E-state index in [1.54, 1.807) is 25.0 Å². The van der Waals surface area contributed by atoms with Crippen molar-refractivity contribution in [3.8, 4) is 0 Å².